The number of nitrogens with zero attached hydrogens (tertiary/aromatic N) is 2. The molecule has 6 nitrogen and oxygen atoms in total. The van der Waals surface area contributed by atoms with Crippen molar-refractivity contribution >= 4 is 22.4 Å². The van der Waals surface area contributed by atoms with E-state index >= 15 is 0 Å². The fraction of sp³-hybridized carbons (Fsp3) is 0.111. The lowest BCUT2D eigenvalue weighted by Gasteiger charge is -2.04. The van der Waals surface area contributed by atoms with Crippen molar-refractivity contribution in [2.24, 2.45) is 0 Å². The summed E-state index contributed by atoms with van der Waals surface area (Å²) in [6.07, 6.45) is 1.82. The molecule has 24 heavy (non-hydrogen) atoms. The fourth-order valence-corrected chi connectivity index (χ4v) is 2.61. The number of fused-ring (bicyclic) bond motifs is 1. The van der Waals surface area contributed by atoms with Gasteiger partial charge in [0.1, 0.15) is 0 Å². The maximum absolute atomic E-state index is 12.5. The zero-order valence-electron chi connectivity index (χ0n) is 13.0. The van der Waals surface area contributed by atoms with E-state index in [-0.39, 0.29) is 29.3 Å². The first kappa shape index (κ1) is 15.6. The van der Waals surface area contributed by atoms with Gasteiger partial charge in [-0.15, -0.1) is 0 Å². The molecule has 0 aliphatic heterocycles. The van der Waals surface area contributed by atoms with Crippen LogP contribution in [0.25, 0.3) is 10.9 Å². The SMILES string of the molecule is COc1ccc(C(=O)C[n+]2cccc3ccccc32)cc1[N+](=O)[O-]. The van der Waals surface area contributed by atoms with E-state index in [2.05, 4.69) is 0 Å². The summed E-state index contributed by atoms with van der Waals surface area (Å²) in [5, 5.41) is 12.1. The summed E-state index contributed by atoms with van der Waals surface area (Å²) < 4.78 is 6.79. The van der Waals surface area contributed by atoms with Gasteiger partial charge in [-0.2, -0.15) is 4.57 Å². The van der Waals surface area contributed by atoms with Crippen LogP contribution in [0.2, 0.25) is 0 Å². The van der Waals surface area contributed by atoms with Crippen LogP contribution in [-0.2, 0) is 6.54 Å². The normalized spacial score (nSPS) is 10.5. The van der Waals surface area contributed by atoms with Crippen molar-refractivity contribution in [3.05, 3.63) is 76.5 Å². The maximum Gasteiger partial charge on any atom is 0.311 e. The lowest BCUT2D eigenvalue weighted by Crippen LogP contribution is -2.38. The molecule has 6 heteroatoms. The monoisotopic (exact) mass is 323 g/mol. The molecule has 0 spiro atoms. The van der Waals surface area contributed by atoms with Crippen LogP contribution in [0.3, 0.4) is 0 Å². The number of methoxy groups -OCH3 is 1. The smallest absolute Gasteiger partial charge is 0.311 e. The average Bonchev–Trinajstić information content (AvgIpc) is 2.61. The van der Waals surface area contributed by atoms with Crippen molar-refractivity contribution in [3.8, 4) is 5.75 Å². The number of nitro groups is 1. The molecule has 0 bridgehead atoms. The molecule has 0 saturated heterocycles. The van der Waals surface area contributed by atoms with Gasteiger partial charge in [0.15, 0.2) is 11.9 Å². The van der Waals surface area contributed by atoms with Crippen molar-refractivity contribution in [1.82, 2.24) is 0 Å². The minimum Gasteiger partial charge on any atom is -0.490 e. The highest BCUT2D eigenvalue weighted by molar-refractivity contribution is 5.96. The Morgan fingerprint density at radius 3 is 2.67 bits per heavy atom. The van der Waals surface area contributed by atoms with E-state index in [9.17, 15) is 14.9 Å². The number of hydrogen-bond donors (Lipinski definition) is 0. The van der Waals surface area contributed by atoms with Crippen LogP contribution in [0.4, 0.5) is 5.69 Å². The van der Waals surface area contributed by atoms with E-state index in [1.165, 1.54) is 19.2 Å². The molecule has 0 fully saturated rings. The molecule has 120 valence electrons. The molecular weight excluding hydrogens is 308 g/mol. The van der Waals surface area contributed by atoms with E-state index < -0.39 is 4.92 Å². The average molecular weight is 323 g/mol. The second kappa shape index (κ2) is 6.45. The molecule has 2 aromatic carbocycles. The van der Waals surface area contributed by atoms with Crippen molar-refractivity contribution in [3.63, 3.8) is 0 Å². The number of carbonyl (C=O) groups excluding carboxylic acids is 1. The van der Waals surface area contributed by atoms with Crippen LogP contribution in [-0.4, -0.2) is 17.8 Å². The molecule has 0 N–H and O–H groups in total. The Bertz CT molecular complexity index is 932. The lowest BCUT2D eigenvalue weighted by molar-refractivity contribution is -0.657. The molecule has 0 aliphatic rings. The first-order chi connectivity index (χ1) is 11.6. The highest BCUT2D eigenvalue weighted by Gasteiger charge is 2.21. The van der Waals surface area contributed by atoms with Crippen molar-refractivity contribution in [2.45, 2.75) is 6.54 Å². The van der Waals surface area contributed by atoms with Crippen LogP contribution in [0.5, 0.6) is 5.75 Å². The van der Waals surface area contributed by atoms with Crippen molar-refractivity contribution < 1.29 is 19.0 Å². The van der Waals surface area contributed by atoms with Gasteiger partial charge in [-0.3, -0.25) is 14.9 Å². The molecule has 0 aliphatic carbocycles. The largest absolute Gasteiger partial charge is 0.490 e. The minimum atomic E-state index is -0.555. The van der Waals surface area contributed by atoms with Crippen LogP contribution < -0.4 is 9.30 Å². The molecule has 1 heterocycles. The molecule has 1 aromatic heterocycles. The van der Waals surface area contributed by atoms with E-state index in [4.69, 9.17) is 4.74 Å². The van der Waals surface area contributed by atoms with Gasteiger partial charge in [0.25, 0.3) is 0 Å². The van der Waals surface area contributed by atoms with Crippen LogP contribution in [0.1, 0.15) is 10.4 Å². The standard InChI is InChI=1S/C18H15N2O4/c1-24-18-9-8-14(11-16(18)20(22)23)17(21)12-19-10-4-6-13-5-2-3-7-15(13)19/h2-11H,12H2,1H3/q+1. The Hall–Kier alpha value is -3.28. The number of aromatic nitrogens is 1. The Labute approximate surface area is 138 Å². The van der Waals surface area contributed by atoms with Crippen molar-refractivity contribution in [2.75, 3.05) is 7.11 Å². The number of pyridine rings is 1. The van der Waals surface area contributed by atoms with E-state index in [1.807, 2.05) is 47.2 Å². The third-order valence-corrected chi connectivity index (χ3v) is 3.80. The number of ether oxygens (including phenoxy) is 1. The van der Waals surface area contributed by atoms with Gasteiger partial charge < -0.3 is 4.74 Å². The zero-order valence-corrected chi connectivity index (χ0v) is 13.0. The van der Waals surface area contributed by atoms with E-state index in [1.54, 1.807) is 6.07 Å². The number of para-hydroxylation sites is 1. The topological polar surface area (TPSA) is 73.3 Å². The summed E-state index contributed by atoms with van der Waals surface area (Å²) in [5.41, 5.74) is 0.991. The van der Waals surface area contributed by atoms with Crippen LogP contribution >= 0.6 is 0 Å². The lowest BCUT2D eigenvalue weighted by atomic mass is 10.1. The number of nitro benzene ring substituents is 1. The maximum atomic E-state index is 12.5. The van der Waals surface area contributed by atoms with Crippen LogP contribution in [0, 0.1) is 10.1 Å². The third kappa shape index (κ3) is 2.94. The Morgan fingerprint density at radius 1 is 1.17 bits per heavy atom. The Balaban J connectivity index is 1.95. The number of ketones is 1. The summed E-state index contributed by atoms with van der Waals surface area (Å²) in [6, 6.07) is 15.8. The number of carbonyl (C=O) groups is 1. The second-order valence-electron chi connectivity index (χ2n) is 5.26. The zero-order chi connectivity index (χ0) is 17.1. The summed E-state index contributed by atoms with van der Waals surface area (Å²) in [7, 11) is 1.36. The highest BCUT2D eigenvalue weighted by Crippen LogP contribution is 2.27. The summed E-state index contributed by atoms with van der Waals surface area (Å²) in [6.45, 7) is 0.102. The molecule has 0 atom stereocenters. The number of rotatable bonds is 5. The summed E-state index contributed by atoms with van der Waals surface area (Å²) >= 11 is 0. The van der Waals surface area contributed by atoms with E-state index in [0.29, 0.717) is 0 Å². The molecular formula is C18H15N2O4+. The van der Waals surface area contributed by atoms with Gasteiger partial charge in [0.2, 0.25) is 17.8 Å². The number of Topliss-reactive ketones (excluding diaryl/α,β-unsaturated/α-hetero) is 1. The molecule has 0 saturated carbocycles. The predicted octanol–water partition coefficient (Wildman–Crippen LogP) is 2.93. The summed E-state index contributed by atoms with van der Waals surface area (Å²) in [5.74, 6) is -0.0727. The minimum absolute atomic E-state index is 0.102. The fourth-order valence-electron chi connectivity index (χ4n) is 2.61. The molecule has 0 unspecified atom stereocenters. The summed E-state index contributed by atoms with van der Waals surface area (Å²) in [4.78, 5) is 23.1. The molecule has 0 radical (unpaired) electrons. The Morgan fingerprint density at radius 2 is 1.92 bits per heavy atom. The number of benzene rings is 2. The van der Waals surface area contributed by atoms with Gasteiger partial charge in [-0.05, 0) is 24.3 Å². The van der Waals surface area contributed by atoms with Gasteiger partial charge in [0.05, 0.1) is 12.0 Å². The first-order valence-corrected chi connectivity index (χ1v) is 7.33. The molecule has 3 aromatic rings. The van der Waals surface area contributed by atoms with Gasteiger partial charge in [0, 0.05) is 29.1 Å². The predicted molar refractivity (Wildman–Crippen MR) is 88.1 cm³/mol. The molecule has 0 amide bonds. The van der Waals surface area contributed by atoms with E-state index in [0.717, 1.165) is 10.9 Å². The van der Waals surface area contributed by atoms with Gasteiger partial charge >= 0.3 is 5.69 Å². The quantitative estimate of drug-likeness (QED) is 0.313. The first-order valence-electron chi connectivity index (χ1n) is 7.33. The second-order valence-corrected chi connectivity index (χ2v) is 5.26. The third-order valence-electron chi connectivity index (χ3n) is 3.80. The van der Waals surface area contributed by atoms with Crippen LogP contribution in [0.15, 0.2) is 60.8 Å². The van der Waals surface area contributed by atoms with Crippen molar-refractivity contribution in [1.29, 1.82) is 0 Å². The van der Waals surface area contributed by atoms with Gasteiger partial charge in [-0.25, -0.2) is 0 Å². The van der Waals surface area contributed by atoms with Gasteiger partial charge in [-0.1, -0.05) is 12.1 Å². The highest BCUT2D eigenvalue weighted by atomic mass is 16.6. The Kier molecular flexibility index (Phi) is 4.20. The number of hydrogen-bond acceptors (Lipinski definition) is 4. The molecule has 3 rings (SSSR count).